The highest BCUT2D eigenvalue weighted by atomic mass is 32.2. The number of carboxylic acid groups (broad SMARTS) is 1. The van der Waals surface area contributed by atoms with Gasteiger partial charge in [-0.3, -0.25) is 4.18 Å². The molecule has 1 atom stereocenters. The maximum Gasteiger partial charge on any atom is 0.333 e. The van der Waals surface area contributed by atoms with E-state index in [0.717, 1.165) is 6.42 Å². The van der Waals surface area contributed by atoms with Gasteiger partial charge < -0.3 is 14.0 Å². The molecule has 1 aromatic carbocycles. The number of hydrogen-bond acceptors (Lipinski definition) is 8. The Labute approximate surface area is 178 Å². The van der Waals surface area contributed by atoms with Gasteiger partial charge in [0.25, 0.3) is 10.1 Å². The van der Waals surface area contributed by atoms with Crippen LogP contribution in [0.2, 0.25) is 0 Å². The van der Waals surface area contributed by atoms with E-state index in [1.165, 1.54) is 26.0 Å². The Balaban J connectivity index is 2.56. The van der Waals surface area contributed by atoms with Gasteiger partial charge in [-0.05, 0) is 25.0 Å². The SMILES string of the molecule is CCCCO[C@@H](C(=O)O)C(C)(C)COS(=O)(=O)CCCS(=O)(=O)Oc1ccccc1. The monoisotopic (exact) mass is 466 g/mol. The van der Waals surface area contributed by atoms with E-state index in [1.807, 2.05) is 6.92 Å². The molecule has 0 unspecified atom stereocenters. The summed E-state index contributed by atoms with van der Waals surface area (Å²) in [5.74, 6) is -2.12. The van der Waals surface area contributed by atoms with Gasteiger partial charge in [-0.2, -0.15) is 16.8 Å². The molecule has 0 saturated heterocycles. The molecule has 11 heteroatoms. The normalized spacial score (nSPS) is 13.7. The largest absolute Gasteiger partial charge is 0.479 e. The molecule has 0 aliphatic rings. The van der Waals surface area contributed by atoms with Gasteiger partial charge in [-0.25, -0.2) is 4.79 Å². The summed E-state index contributed by atoms with van der Waals surface area (Å²) in [6.07, 6.45) is 0.0410. The van der Waals surface area contributed by atoms with Crippen LogP contribution in [0.3, 0.4) is 0 Å². The summed E-state index contributed by atoms with van der Waals surface area (Å²) in [7, 11) is -8.02. The van der Waals surface area contributed by atoms with Gasteiger partial charge in [-0.15, -0.1) is 0 Å². The molecule has 0 amide bonds. The first kappa shape index (κ1) is 26.3. The summed E-state index contributed by atoms with van der Waals surface area (Å²) >= 11 is 0. The van der Waals surface area contributed by atoms with Gasteiger partial charge in [0, 0.05) is 12.0 Å². The van der Waals surface area contributed by atoms with E-state index in [-0.39, 0.29) is 18.8 Å². The molecule has 0 aromatic heterocycles. The van der Waals surface area contributed by atoms with Crippen molar-refractivity contribution >= 4 is 26.2 Å². The van der Waals surface area contributed by atoms with Crippen LogP contribution in [0.15, 0.2) is 30.3 Å². The highest BCUT2D eigenvalue weighted by molar-refractivity contribution is 7.87. The van der Waals surface area contributed by atoms with Crippen LogP contribution in [0.1, 0.15) is 40.0 Å². The number of benzene rings is 1. The van der Waals surface area contributed by atoms with Crippen molar-refractivity contribution in [1.82, 2.24) is 0 Å². The third-order valence-corrected chi connectivity index (χ3v) is 6.58. The Morgan fingerprint density at radius 2 is 1.63 bits per heavy atom. The maximum atomic E-state index is 12.1. The second kappa shape index (κ2) is 11.6. The average molecular weight is 467 g/mol. The number of rotatable bonds is 15. The van der Waals surface area contributed by atoms with Crippen molar-refractivity contribution < 1.29 is 39.8 Å². The lowest BCUT2D eigenvalue weighted by Crippen LogP contribution is -2.42. The lowest BCUT2D eigenvalue weighted by atomic mass is 9.87. The summed E-state index contributed by atoms with van der Waals surface area (Å²) in [6.45, 7) is 4.83. The molecule has 1 rings (SSSR count). The van der Waals surface area contributed by atoms with Gasteiger partial charge in [0.15, 0.2) is 6.10 Å². The van der Waals surface area contributed by atoms with Crippen molar-refractivity contribution in [3.63, 3.8) is 0 Å². The third-order valence-electron chi connectivity index (χ3n) is 4.08. The van der Waals surface area contributed by atoms with Crippen molar-refractivity contribution in [2.75, 3.05) is 24.7 Å². The predicted molar refractivity (Wildman–Crippen MR) is 111 cm³/mol. The molecule has 0 saturated carbocycles. The number of carboxylic acids is 1. The van der Waals surface area contributed by atoms with Crippen LogP contribution >= 0.6 is 0 Å². The van der Waals surface area contributed by atoms with Crippen LogP contribution in [-0.4, -0.2) is 58.7 Å². The van der Waals surface area contributed by atoms with E-state index < -0.39 is 55.8 Å². The van der Waals surface area contributed by atoms with Crippen molar-refractivity contribution in [1.29, 1.82) is 0 Å². The molecule has 1 N–H and O–H groups in total. The summed E-state index contributed by atoms with van der Waals surface area (Å²) in [5, 5.41) is 9.38. The standard InChI is InChI=1S/C19H30O9S2/c1-4-5-12-26-17(18(20)21)19(2,3)15-27-29(22,23)13-9-14-30(24,25)28-16-10-7-6-8-11-16/h6-8,10-11,17H,4-5,9,12-15H2,1-3H3,(H,20,21)/t17-/m0/s1. The Kier molecular flexibility index (Phi) is 10.2. The molecular weight excluding hydrogens is 436 g/mol. The zero-order chi connectivity index (χ0) is 22.8. The maximum absolute atomic E-state index is 12.1. The number of aliphatic carboxylic acids is 1. The highest BCUT2D eigenvalue weighted by Crippen LogP contribution is 2.26. The molecule has 0 heterocycles. The lowest BCUT2D eigenvalue weighted by molar-refractivity contribution is -0.160. The Morgan fingerprint density at radius 1 is 1.03 bits per heavy atom. The Bertz CT molecular complexity index is 863. The molecule has 172 valence electrons. The van der Waals surface area contributed by atoms with Crippen molar-refractivity contribution in [3.8, 4) is 5.75 Å². The molecule has 0 radical (unpaired) electrons. The molecule has 0 spiro atoms. The summed E-state index contributed by atoms with van der Waals surface area (Å²) in [5.41, 5.74) is -1.12. The van der Waals surface area contributed by atoms with Crippen molar-refractivity contribution in [3.05, 3.63) is 30.3 Å². The van der Waals surface area contributed by atoms with E-state index in [2.05, 4.69) is 0 Å². The second-order valence-corrected chi connectivity index (χ2v) is 10.9. The smallest absolute Gasteiger partial charge is 0.333 e. The van der Waals surface area contributed by atoms with Crippen LogP contribution in [-0.2, 0) is 34.0 Å². The number of carbonyl (C=O) groups is 1. The molecule has 0 aliphatic carbocycles. The Morgan fingerprint density at radius 3 is 2.20 bits per heavy atom. The van der Waals surface area contributed by atoms with Gasteiger partial charge in [-0.1, -0.05) is 45.4 Å². The fraction of sp³-hybridized carbons (Fsp3) is 0.632. The average Bonchev–Trinajstić information content (AvgIpc) is 2.63. The zero-order valence-electron chi connectivity index (χ0n) is 17.4. The highest BCUT2D eigenvalue weighted by Gasteiger charge is 2.38. The van der Waals surface area contributed by atoms with E-state index >= 15 is 0 Å². The minimum atomic E-state index is -4.06. The predicted octanol–water partition coefficient (Wildman–Crippen LogP) is 2.43. The molecule has 0 aliphatic heterocycles. The number of ether oxygens (including phenoxy) is 1. The fourth-order valence-electron chi connectivity index (χ4n) is 2.43. The number of unbranched alkanes of at least 4 members (excludes halogenated alkanes) is 1. The van der Waals surface area contributed by atoms with Crippen LogP contribution in [0.5, 0.6) is 5.75 Å². The summed E-state index contributed by atoms with van der Waals surface area (Å²) in [6, 6.07) is 7.87. The first-order chi connectivity index (χ1) is 13.9. The minimum absolute atomic E-state index is 0.140. The number of para-hydroxylation sites is 1. The first-order valence-electron chi connectivity index (χ1n) is 9.57. The van der Waals surface area contributed by atoms with E-state index in [0.29, 0.717) is 6.42 Å². The fourth-order valence-corrected chi connectivity index (χ4v) is 4.70. The lowest BCUT2D eigenvalue weighted by Gasteiger charge is -2.30. The third kappa shape index (κ3) is 9.88. The van der Waals surface area contributed by atoms with E-state index in [9.17, 15) is 26.7 Å². The van der Waals surface area contributed by atoms with E-state index in [4.69, 9.17) is 13.1 Å². The molecular formula is C19H30O9S2. The Hall–Kier alpha value is -1.69. The molecule has 30 heavy (non-hydrogen) atoms. The van der Waals surface area contributed by atoms with Gasteiger partial charge >= 0.3 is 16.1 Å². The van der Waals surface area contributed by atoms with Crippen LogP contribution in [0.4, 0.5) is 0 Å². The second-order valence-electron chi connectivity index (χ2n) is 7.47. The summed E-state index contributed by atoms with van der Waals surface area (Å²) in [4.78, 5) is 11.5. The van der Waals surface area contributed by atoms with Crippen LogP contribution in [0.25, 0.3) is 0 Å². The molecule has 0 fully saturated rings. The van der Waals surface area contributed by atoms with E-state index in [1.54, 1.807) is 18.2 Å². The van der Waals surface area contributed by atoms with Crippen LogP contribution < -0.4 is 4.18 Å². The van der Waals surface area contributed by atoms with Gasteiger partial charge in [0.1, 0.15) is 5.75 Å². The van der Waals surface area contributed by atoms with Crippen LogP contribution in [0, 0.1) is 5.41 Å². The zero-order valence-corrected chi connectivity index (χ0v) is 19.1. The topological polar surface area (TPSA) is 133 Å². The molecule has 0 bridgehead atoms. The molecule has 1 aromatic rings. The summed E-state index contributed by atoms with van der Waals surface area (Å²) < 4.78 is 63.4. The van der Waals surface area contributed by atoms with Crippen molar-refractivity contribution in [2.45, 2.75) is 46.1 Å². The molecule has 9 nitrogen and oxygen atoms in total. The first-order valence-corrected chi connectivity index (χ1v) is 12.7. The van der Waals surface area contributed by atoms with Gasteiger partial charge in [0.2, 0.25) is 0 Å². The van der Waals surface area contributed by atoms with Gasteiger partial charge in [0.05, 0.1) is 18.1 Å². The minimum Gasteiger partial charge on any atom is -0.479 e. The quantitative estimate of drug-likeness (QED) is 0.305. The van der Waals surface area contributed by atoms with Crippen molar-refractivity contribution in [2.24, 2.45) is 5.41 Å². The number of hydrogen-bond donors (Lipinski definition) is 1.